The summed E-state index contributed by atoms with van der Waals surface area (Å²) in [4.78, 5) is 9.85. The zero-order chi connectivity index (χ0) is 24.8. The lowest BCUT2D eigenvalue weighted by Gasteiger charge is -2.25. The first kappa shape index (κ1) is 33.0. The summed E-state index contributed by atoms with van der Waals surface area (Å²) in [5.41, 5.74) is 5.65. The van der Waals surface area contributed by atoms with Crippen molar-refractivity contribution in [2.75, 3.05) is 54.1 Å². The first-order valence-corrected chi connectivity index (χ1v) is 14.9. The van der Waals surface area contributed by atoms with Gasteiger partial charge in [0.25, 0.3) is 0 Å². The van der Waals surface area contributed by atoms with Gasteiger partial charge in [0.2, 0.25) is 0 Å². The molecule has 0 saturated carbocycles. The highest BCUT2D eigenvalue weighted by molar-refractivity contribution is 7.47. The Kier molecular flexibility index (Phi) is 21.3. The Morgan fingerprint density at radius 2 is 1.24 bits per heavy atom. The van der Waals surface area contributed by atoms with E-state index >= 15 is 0 Å². The third kappa shape index (κ3) is 24.9. The quantitative estimate of drug-likeness (QED) is 0.0911. The maximum atomic E-state index is 12.0. The minimum atomic E-state index is -4.11. The molecule has 3 N–H and O–H groups in total. The van der Waals surface area contributed by atoms with E-state index in [9.17, 15) is 9.46 Å². The smallest absolute Gasteiger partial charge is 0.379 e. The molecule has 0 aromatic carbocycles. The second-order valence-electron chi connectivity index (χ2n) is 10.3. The van der Waals surface area contributed by atoms with Crippen molar-refractivity contribution in [2.45, 2.75) is 109 Å². The summed E-state index contributed by atoms with van der Waals surface area (Å²) in [5.74, 6) is 0. The maximum Gasteiger partial charge on any atom is 0.472 e. The van der Waals surface area contributed by atoms with Gasteiger partial charge in [0.05, 0.1) is 27.7 Å². The van der Waals surface area contributed by atoms with E-state index in [-0.39, 0.29) is 19.8 Å². The summed E-state index contributed by atoms with van der Waals surface area (Å²) in [6.07, 6.45) is 19.3. The van der Waals surface area contributed by atoms with Crippen LogP contribution >= 0.6 is 7.82 Å². The van der Waals surface area contributed by atoms with Crippen molar-refractivity contribution >= 4 is 7.82 Å². The van der Waals surface area contributed by atoms with E-state index in [0.29, 0.717) is 17.6 Å². The lowest BCUT2D eigenvalue weighted by atomic mass is 10.0. The van der Waals surface area contributed by atoms with Crippen molar-refractivity contribution < 1.29 is 27.7 Å². The number of unbranched alkanes of at least 4 members (excludes halogenated alkanes) is 14. The van der Waals surface area contributed by atoms with Crippen LogP contribution in [0.1, 0.15) is 103 Å². The number of quaternary nitrogens is 1. The highest BCUT2D eigenvalue weighted by Gasteiger charge is 2.27. The Bertz CT molecular complexity index is 474. The van der Waals surface area contributed by atoms with Crippen LogP contribution in [-0.2, 0) is 18.3 Å². The lowest BCUT2D eigenvalue weighted by molar-refractivity contribution is -0.870. The molecule has 2 atom stereocenters. The molecule has 0 bridgehead atoms. The summed E-state index contributed by atoms with van der Waals surface area (Å²) in [6.45, 7) is 3.97. The molecule has 0 fully saturated rings. The second-order valence-corrected chi connectivity index (χ2v) is 11.7. The molecule has 0 rings (SSSR count). The number of hydrogen-bond donors (Lipinski definition) is 2. The zero-order valence-corrected chi connectivity index (χ0v) is 23.2. The van der Waals surface area contributed by atoms with Gasteiger partial charge >= 0.3 is 7.82 Å². The van der Waals surface area contributed by atoms with Crippen LogP contribution in [-0.4, -0.2) is 69.5 Å². The number of hydrogen-bond acceptors (Lipinski definition) is 5. The Morgan fingerprint density at radius 1 is 0.788 bits per heavy atom. The van der Waals surface area contributed by atoms with E-state index in [1.165, 1.54) is 83.5 Å². The average Bonchev–Trinajstić information content (AvgIpc) is 2.73. The fraction of sp³-hybridized carbons (Fsp3) is 1.00. The highest BCUT2D eigenvalue weighted by atomic mass is 31.2. The van der Waals surface area contributed by atoms with Crippen LogP contribution in [0.15, 0.2) is 0 Å². The number of ether oxygens (including phenoxy) is 1. The van der Waals surface area contributed by atoms with Crippen LogP contribution in [0.25, 0.3) is 0 Å². The van der Waals surface area contributed by atoms with E-state index in [0.717, 1.165) is 12.8 Å². The monoisotopic (exact) mass is 495 g/mol. The van der Waals surface area contributed by atoms with Crippen molar-refractivity contribution in [1.82, 2.24) is 0 Å². The van der Waals surface area contributed by atoms with Crippen molar-refractivity contribution in [2.24, 2.45) is 5.73 Å². The van der Waals surface area contributed by atoms with Crippen LogP contribution in [0.3, 0.4) is 0 Å². The summed E-state index contributed by atoms with van der Waals surface area (Å²) in [6, 6.07) is 0. The molecular formula is C25H56N2O5P+. The van der Waals surface area contributed by atoms with E-state index < -0.39 is 13.9 Å². The van der Waals surface area contributed by atoms with E-state index in [2.05, 4.69) is 6.92 Å². The molecule has 0 aliphatic carbocycles. The summed E-state index contributed by atoms with van der Waals surface area (Å²) >= 11 is 0. The number of phosphoric acid groups is 1. The molecule has 8 heteroatoms. The van der Waals surface area contributed by atoms with Gasteiger partial charge in [-0.1, -0.05) is 96.8 Å². The van der Waals surface area contributed by atoms with Gasteiger partial charge in [-0.2, -0.15) is 0 Å². The molecule has 0 heterocycles. The number of nitrogens with two attached hydrogens (primary N) is 1. The minimum Gasteiger partial charge on any atom is -0.379 e. The Morgan fingerprint density at radius 3 is 1.67 bits per heavy atom. The van der Waals surface area contributed by atoms with E-state index in [1.54, 1.807) is 0 Å². The molecule has 0 aromatic rings. The molecule has 0 aromatic heterocycles. The first-order valence-electron chi connectivity index (χ1n) is 13.4. The van der Waals surface area contributed by atoms with Crippen molar-refractivity contribution in [3.63, 3.8) is 0 Å². The average molecular weight is 496 g/mol. The van der Waals surface area contributed by atoms with Crippen LogP contribution in [0, 0.1) is 0 Å². The van der Waals surface area contributed by atoms with Gasteiger partial charge < -0.3 is 19.8 Å². The molecule has 0 radical (unpaired) electrons. The fourth-order valence-corrected chi connectivity index (χ4v) is 4.48. The van der Waals surface area contributed by atoms with Gasteiger partial charge in [-0.3, -0.25) is 9.05 Å². The van der Waals surface area contributed by atoms with Gasteiger partial charge in [0.1, 0.15) is 19.3 Å². The van der Waals surface area contributed by atoms with Gasteiger partial charge in [-0.25, -0.2) is 4.57 Å². The van der Waals surface area contributed by atoms with Gasteiger partial charge in [-0.15, -0.1) is 0 Å². The summed E-state index contributed by atoms with van der Waals surface area (Å²) in [7, 11) is 1.85. The third-order valence-electron chi connectivity index (χ3n) is 5.76. The molecule has 0 aliphatic heterocycles. The van der Waals surface area contributed by atoms with Crippen LogP contribution in [0.4, 0.5) is 0 Å². The first-order chi connectivity index (χ1) is 15.7. The predicted octanol–water partition coefficient (Wildman–Crippen LogP) is 6.04. The van der Waals surface area contributed by atoms with Crippen LogP contribution in [0.2, 0.25) is 0 Å². The second kappa shape index (κ2) is 21.3. The predicted molar refractivity (Wildman–Crippen MR) is 138 cm³/mol. The minimum absolute atomic E-state index is 0.113. The molecule has 33 heavy (non-hydrogen) atoms. The van der Waals surface area contributed by atoms with Crippen molar-refractivity contribution in [3.8, 4) is 0 Å². The molecule has 0 amide bonds. The zero-order valence-electron chi connectivity index (χ0n) is 22.3. The summed E-state index contributed by atoms with van der Waals surface area (Å²) in [5, 5.41) is 0. The van der Waals surface area contributed by atoms with Crippen LogP contribution in [0.5, 0.6) is 0 Å². The lowest BCUT2D eigenvalue weighted by Crippen LogP contribution is -2.37. The molecular weight excluding hydrogens is 439 g/mol. The molecule has 0 saturated heterocycles. The Hall–Kier alpha value is -0.0100. The molecule has 2 unspecified atom stereocenters. The molecule has 200 valence electrons. The van der Waals surface area contributed by atoms with Gasteiger partial charge in [-0.05, 0) is 6.42 Å². The standard InChI is InChI=1S/C25H55N2O5P/c1-5-6-7-8-9-10-11-12-13-14-15-16-17-18-19-21-30-24-25(23-26)32-33(28,29)31-22-20-27(2,3)4/h25H,5-24,26H2,1-4H3/p+1. The number of likely N-dealkylation sites (N-methyl/N-ethyl adjacent to an activating group) is 1. The number of phosphoric ester groups is 1. The Labute approximate surface area is 204 Å². The number of rotatable bonds is 25. The summed E-state index contributed by atoms with van der Waals surface area (Å²) < 4.78 is 28.5. The maximum absolute atomic E-state index is 12.0. The molecule has 0 aliphatic rings. The van der Waals surface area contributed by atoms with Gasteiger partial charge in [0, 0.05) is 13.2 Å². The largest absolute Gasteiger partial charge is 0.472 e. The topological polar surface area (TPSA) is 91.0 Å². The number of nitrogens with zero attached hydrogens (tertiary/aromatic N) is 1. The van der Waals surface area contributed by atoms with E-state index in [4.69, 9.17) is 19.5 Å². The molecule has 7 nitrogen and oxygen atoms in total. The Balaban J connectivity index is 3.52. The highest BCUT2D eigenvalue weighted by Crippen LogP contribution is 2.44. The van der Waals surface area contributed by atoms with Crippen LogP contribution < -0.4 is 5.73 Å². The van der Waals surface area contributed by atoms with Gasteiger partial charge in [0.15, 0.2) is 0 Å². The van der Waals surface area contributed by atoms with E-state index in [1.807, 2.05) is 21.1 Å². The third-order valence-corrected chi connectivity index (χ3v) is 6.83. The van der Waals surface area contributed by atoms with Crippen molar-refractivity contribution in [1.29, 1.82) is 0 Å². The SMILES string of the molecule is CCCCCCCCCCCCCCCCCOCC(CN)OP(=O)(O)OCC[N+](C)(C)C. The normalized spacial score (nSPS) is 15.0. The molecule has 0 spiro atoms. The van der Waals surface area contributed by atoms with Crippen molar-refractivity contribution in [3.05, 3.63) is 0 Å². The fourth-order valence-electron chi connectivity index (χ4n) is 3.58.